The molecule has 2 aromatic rings. The first-order valence-electron chi connectivity index (χ1n) is 8.07. The Labute approximate surface area is 164 Å². The van der Waals surface area contributed by atoms with E-state index in [2.05, 4.69) is 5.32 Å². The van der Waals surface area contributed by atoms with Crippen LogP contribution in [-0.2, 0) is 10.3 Å². The fraction of sp³-hybridized carbons (Fsp3) is 0.350. The second kappa shape index (κ2) is 8.03. The Morgan fingerprint density at radius 1 is 1.00 bits per heavy atom. The van der Waals surface area contributed by atoms with Crippen LogP contribution in [0, 0.1) is 5.41 Å². The summed E-state index contributed by atoms with van der Waals surface area (Å²) >= 11 is 13.7. The molecule has 0 unspecified atom stereocenters. The Balaban J connectivity index is 2.04. The van der Waals surface area contributed by atoms with Crippen molar-refractivity contribution in [2.45, 2.75) is 38.1 Å². The molecule has 1 amide bonds. The van der Waals surface area contributed by atoms with Crippen molar-refractivity contribution in [2.24, 2.45) is 5.41 Å². The highest BCUT2D eigenvalue weighted by Gasteiger charge is 2.32. The molecule has 0 saturated carbocycles. The molecule has 0 aliphatic carbocycles. The van der Waals surface area contributed by atoms with Crippen LogP contribution in [0.3, 0.4) is 0 Å². The number of hydrogen-bond acceptors (Lipinski definition) is 2. The second-order valence-electron chi connectivity index (χ2n) is 7.22. The van der Waals surface area contributed by atoms with E-state index in [4.69, 9.17) is 23.2 Å². The number of carbonyl (C=O) groups excluding carboxylic acids is 1. The van der Waals surface area contributed by atoms with Gasteiger partial charge in [-0.1, -0.05) is 67.4 Å². The lowest BCUT2D eigenvalue weighted by Gasteiger charge is -2.32. The fourth-order valence-electron chi connectivity index (χ4n) is 2.32. The summed E-state index contributed by atoms with van der Waals surface area (Å²) in [5.74, 6) is 0.641. The van der Waals surface area contributed by atoms with Crippen molar-refractivity contribution in [1.82, 2.24) is 5.32 Å². The third kappa shape index (κ3) is 5.67. The van der Waals surface area contributed by atoms with Crippen molar-refractivity contribution in [2.75, 3.05) is 5.75 Å². The van der Waals surface area contributed by atoms with Gasteiger partial charge in [0, 0.05) is 20.7 Å². The molecule has 2 aromatic carbocycles. The van der Waals surface area contributed by atoms with Crippen LogP contribution in [0.2, 0.25) is 10.0 Å². The number of hydrogen-bond donors (Lipinski definition) is 1. The van der Waals surface area contributed by atoms with Crippen molar-refractivity contribution in [1.29, 1.82) is 0 Å². The van der Waals surface area contributed by atoms with Gasteiger partial charge in [-0.3, -0.25) is 4.79 Å². The summed E-state index contributed by atoms with van der Waals surface area (Å²) in [6.45, 7) is 7.92. The quantitative estimate of drug-likeness (QED) is 0.592. The van der Waals surface area contributed by atoms with Crippen LogP contribution in [0.4, 0.5) is 0 Å². The third-order valence-corrected chi connectivity index (χ3v) is 5.84. The summed E-state index contributed by atoms with van der Waals surface area (Å²) in [6.07, 6.45) is 0. The lowest BCUT2D eigenvalue weighted by molar-refractivity contribution is -0.130. The Kier molecular flexibility index (Phi) is 6.47. The molecule has 0 bridgehead atoms. The van der Waals surface area contributed by atoms with Crippen LogP contribution in [-0.4, -0.2) is 11.7 Å². The molecule has 0 aromatic heterocycles. The summed E-state index contributed by atoms with van der Waals surface area (Å²) in [5, 5.41) is 4.37. The van der Waals surface area contributed by atoms with E-state index >= 15 is 0 Å². The normalized spacial score (nSPS) is 12.1. The van der Waals surface area contributed by atoms with Gasteiger partial charge in [-0.15, -0.1) is 11.8 Å². The number of nitrogens with one attached hydrogen (secondary N) is 1. The standard InChI is InChI=1S/C20H23Cl2NOS/c1-19(2,13-25-17-11-15(21)10-16(22)12-17)18(24)23-20(3,4)14-8-6-5-7-9-14/h5-12H,13H2,1-4H3,(H,23,24). The van der Waals surface area contributed by atoms with E-state index in [9.17, 15) is 4.79 Å². The number of rotatable bonds is 6. The van der Waals surface area contributed by atoms with Gasteiger partial charge in [0.05, 0.1) is 11.0 Å². The first-order chi connectivity index (χ1) is 11.6. The van der Waals surface area contributed by atoms with E-state index in [1.165, 1.54) is 0 Å². The van der Waals surface area contributed by atoms with Gasteiger partial charge in [-0.05, 0) is 37.6 Å². The molecule has 0 aliphatic rings. The molecule has 2 nitrogen and oxygen atoms in total. The minimum Gasteiger partial charge on any atom is -0.347 e. The Morgan fingerprint density at radius 2 is 1.56 bits per heavy atom. The average molecular weight is 396 g/mol. The molecule has 0 saturated heterocycles. The van der Waals surface area contributed by atoms with E-state index in [1.54, 1.807) is 17.8 Å². The van der Waals surface area contributed by atoms with Crippen LogP contribution < -0.4 is 5.32 Å². The van der Waals surface area contributed by atoms with Crippen molar-refractivity contribution >= 4 is 40.9 Å². The fourth-order valence-corrected chi connectivity index (χ4v) is 4.06. The molecule has 0 fully saturated rings. The van der Waals surface area contributed by atoms with Gasteiger partial charge in [-0.2, -0.15) is 0 Å². The number of halogens is 2. The zero-order valence-electron chi connectivity index (χ0n) is 14.9. The van der Waals surface area contributed by atoms with Crippen LogP contribution in [0.25, 0.3) is 0 Å². The molecule has 0 aliphatic heterocycles. The number of carbonyl (C=O) groups is 1. The van der Waals surface area contributed by atoms with Crippen molar-refractivity contribution < 1.29 is 4.79 Å². The van der Waals surface area contributed by atoms with E-state index in [1.807, 2.05) is 70.2 Å². The van der Waals surface area contributed by atoms with Gasteiger partial charge in [0.1, 0.15) is 0 Å². The van der Waals surface area contributed by atoms with Crippen molar-refractivity contribution in [3.8, 4) is 0 Å². The van der Waals surface area contributed by atoms with Crippen LogP contribution >= 0.6 is 35.0 Å². The predicted octanol–water partition coefficient (Wildman–Crippen LogP) is 6.16. The van der Waals surface area contributed by atoms with Gasteiger partial charge in [0.15, 0.2) is 0 Å². The largest absolute Gasteiger partial charge is 0.347 e. The molecular weight excluding hydrogens is 373 g/mol. The minimum atomic E-state index is -0.536. The number of thioether (sulfide) groups is 1. The Morgan fingerprint density at radius 3 is 2.12 bits per heavy atom. The van der Waals surface area contributed by atoms with Crippen LogP contribution in [0.5, 0.6) is 0 Å². The molecule has 0 radical (unpaired) electrons. The molecule has 0 atom stereocenters. The van der Waals surface area contributed by atoms with Gasteiger partial charge in [-0.25, -0.2) is 0 Å². The first kappa shape index (κ1) is 20.2. The average Bonchev–Trinajstić information content (AvgIpc) is 2.52. The number of benzene rings is 2. The first-order valence-corrected chi connectivity index (χ1v) is 9.81. The maximum Gasteiger partial charge on any atom is 0.227 e. The van der Waals surface area contributed by atoms with E-state index in [0.717, 1.165) is 10.5 Å². The monoisotopic (exact) mass is 395 g/mol. The van der Waals surface area contributed by atoms with Crippen LogP contribution in [0.1, 0.15) is 33.3 Å². The lowest BCUT2D eigenvalue weighted by atomic mass is 9.89. The van der Waals surface area contributed by atoms with Crippen molar-refractivity contribution in [3.63, 3.8) is 0 Å². The highest BCUT2D eigenvalue weighted by atomic mass is 35.5. The van der Waals surface area contributed by atoms with Crippen molar-refractivity contribution in [3.05, 3.63) is 64.1 Å². The third-order valence-electron chi connectivity index (χ3n) is 3.97. The summed E-state index contributed by atoms with van der Waals surface area (Å²) in [7, 11) is 0. The van der Waals surface area contributed by atoms with Gasteiger partial charge >= 0.3 is 0 Å². The zero-order chi connectivity index (χ0) is 18.7. The van der Waals surface area contributed by atoms with Gasteiger partial charge in [0.25, 0.3) is 0 Å². The maximum absolute atomic E-state index is 12.8. The summed E-state index contributed by atoms with van der Waals surface area (Å²) in [6, 6.07) is 15.4. The minimum absolute atomic E-state index is 0.0157. The Hall–Kier alpha value is -1.16. The molecular formula is C20H23Cl2NOS. The molecule has 1 N–H and O–H groups in total. The smallest absolute Gasteiger partial charge is 0.227 e. The zero-order valence-corrected chi connectivity index (χ0v) is 17.2. The second-order valence-corrected chi connectivity index (χ2v) is 9.14. The van der Waals surface area contributed by atoms with E-state index in [0.29, 0.717) is 15.8 Å². The van der Waals surface area contributed by atoms with E-state index in [-0.39, 0.29) is 5.91 Å². The van der Waals surface area contributed by atoms with Crippen LogP contribution in [0.15, 0.2) is 53.4 Å². The van der Waals surface area contributed by atoms with Gasteiger partial charge in [0.2, 0.25) is 5.91 Å². The predicted molar refractivity (Wildman–Crippen MR) is 109 cm³/mol. The Bertz CT molecular complexity index is 724. The molecule has 0 spiro atoms. The summed E-state index contributed by atoms with van der Waals surface area (Å²) in [5.41, 5.74) is 0.110. The SMILES string of the molecule is CC(C)(CSc1cc(Cl)cc(Cl)c1)C(=O)NC(C)(C)c1ccccc1. The number of amides is 1. The molecule has 25 heavy (non-hydrogen) atoms. The lowest BCUT2D eigenvalue weighted by Crippen LogP contribution is -2.47. The summed E-state index contributed by atoms with van der Waals surface area (Å²) < 4.78 is 0. The summed E-state index contributed by atoms with van der Waals surface area (Å²) in [4.78, 5) is 13.8. The molecule has 134 valence electrons. The highest BCUT2D eigenvalue weighted by molar-refractivity contribution is 7.99. The van der Waals surface area contributed by atoms with Gasteiger partial charge < -0.3 is 5.32 Å². The molecule has 0 heterocycles. The molecule has 5 heteroatoms. The maximum atomic E-state index is 12.8. The molecule has 2 rings (SSSR count). The van der Waals surface area contributed by atoms with E-state index < -0.39 is 11.0 Å². The topological polar surface area (TPSA) is 29.1 Å². The highest BCUT2D eigenvalue weighted by Crippen LogP contribution is 2.32.